The minimum atomic E-state index is 0.0534. The van der Waals surface area contributed by atoms with Gasteiger partial charge in [0, 0.05) is 5.02 Å². The number of hydrogen-bond donors (Lipinski definition) is 1. The van der Waals surface area contributed by atoms with Crippen molar-refractivity contribution in [1.82, 2.24) is 19.8 Å². The summed E-state index contributed by atoms with van der Waals surface area (Å²) in [6.07, 6.45) is 0. The molecule has 0 spiro atoms. The Bertz CT molecular complexity index is 861. The lowest BCUT2D eigenvalue weighted by Crippen LogP contribution is -2.06. The van der Waals surface area contributed by atoms with Crippen molar-refractivity contribution in [3.05, 3.63) is 40.7 Å². The predicted molar refractivity (Wildman–Crippen MR) is 75.1 cm³/mol. The number of halogens is 1. The molecule has 2 aromatic heterocycles. The zero-order chi connectivity index (χ0) is 14.3. The van der Waals surface area contributed by atoms with Crippen LogP contribution in [0.15, 0.2) is 24.3 Å². The van der Waals surface area contributed by atoms with Crippen molar-refractivity contribution in [3.63, 3.8) is 0 Å². The maximum atomic E-state index is 8.92. The van der Waals surface area contributed by atoms with Crippen LogP contribution in [-0.4, -0.2) is 19.8 Å². The summed E-state index contributed by atoms with van der Waals surface area (Å²) in [5.41, 5.74) is 8.84. The lowest BCUT2D eigenvalue weighted by Gasteiger charge is -2.02. The number of nitrogen functional groups attached to an aromatic ring is 1. The molecule has 2 heterocycles. The highest BCUT2D eigenvalue weighted by Gasteiger charge is 2.17. The third kappa shape index (κ3) is 1.76. The van der Waals surface area contributed by atoms with Gasteiger partial charge in [-0.05, 0) is 24.6 Å². The van der Waals surface area contributed by atoms with Gasteiger partial charge in [-0.3, -0.25) is 0 Å². The molecule has 3 aromatic rings. The quantitative estimate of drug-likeness (QED) is 0.739. The summed E-state index contributed by atoms with van der Waals surface area (Å²) in [6.45, 7) is 1.84. The van der Waals surface area contributed by atoms with E-state index in [4.69, 9.17) is 22.6 Å². The molecule has 0 unspecified atom stereocenters. The Hall–Kier alpha value is -2.65. The Morgan fingerprint density at radius 3 is 2.85 bits per heavy atom. The van der Waals surface area contributed by atoms with Crippen molar-refractivity contribution in [1.29, 1.82) is 5.26 Å². The standard InChI is InChI=1S/C13H9ClN6/c1-7-11(8-3-2-4-9(14)5-8)13-18-17-10(6-15)12(16)20(13)19-7/h2-5H,16H2,1H3. The normalized spacial score (nSPS) is 10.7. The average molecular weight is 285 g/mol. The van der Waals surface area contributed by atoms with Crippen molar-refractivity contribution in [3.8, 4) is 17.2 Å². The van der Waals surface area contributed by atoms with Crippen molar-refractivity contribution < 1.29 is 0 Å². The summed E-state index contributed by atoms with van der Waals surface area (Å²) in [4.78, 5) is 0. The van der Waals surface area contributed by atoms with E-state index in [1.165, 1.54) is 4.52 Å². The number of rotatable bonds is 1. The van der Waals surface area contributed by atoms with Crippen molar-refractivity contribution in [2.75, 3.05) is 5.73 Å². The minimum Gasteiger partial charge on any atom is -0.381 e. The largest absolute Gasteiger partial charge is 0.381 e. The molecule has 1 aromatic carbocycles. The van der Waals surface area contributed by atoms with Crippen LogP contribution in [0, 0.1) is 18.3 Å². The van der Waals surface area contributed by atoms with Crippen LogP contribution < -0.4 is 5.73 Å². The van der Waals surface area contributed by atoms with E-state index >= 15 is 0 Å². The van der Waals surface area contributed by atoms with E-state index in [-0.39, 0.29) is 11.5 Å². The lowest BCUT2D eigenvalue weighted by atomic mass is 10.1. The molecule has 0 aliphatic rings. The van der Waals surface area contributed by atoms with Crippen molar-refractivity contribution in [2.24, 2.45) is 0 Å². The topological polar surface area (TPSA) is 92.9 Å². The van der Waals surface area contributed by atoms with Crippen LogP contribution in [0.4, 0.5) is 5.82 Å². The van der Waals surface area contributed by atoms with Crippen LogP contribution in [0.25, 0.3) is 16.8 Å². The molecule has 20 heavy (non-hydrogen) atoms. The summed E-state index contributed by atoms with van der Waals surface area (Å²) < 4.78 is 1.43. The molecular formula is C13H9ClN6. The van der Waals surface area contributed by atoms with Crippen LogP contribution >= 0.6 is 11.6 Å². The molecule has 0 saturated heterocycles. The van der Waals surface area contributed by atoms with Crippen LogP contribution in [-0.2, 0) is 0 Å². The van der Waals surface area contributed by atoms with E-state index in [9.17, 15) is 0 Å². The molecule has 98 valence electrons. The van der Waals surface area contributed by atoms with Crippen LogP contribution in [0.3, 0.4) is 0 Å². The fraction of sp³-hybridized carbons (Fsp3) is 0.0769. The molecule has 0 saturated carbocycles. The van der Waals surface area contributed by atoms with E-state index in [1.54, 1.807) is 6.07 Å². The number of nitrogens with two attached hydrogens (primary N) is 1. The first kappa shape index (κ1) is 12.4. The Balaban J connectivity index is 2.35. The number of hydrogen-bond acceptors (Lipinski definition) is 5. The Morgan fingerprint density at radius 2 is 2.15 bits per heavy atom. The molecule has 0 aliphatic carbocycles. The van der Waals surface area contributed by atoms with Gasteiger partial charge >= 0.3 is 0 Å². The molecule has 6 nitrogen and oxygen atoms in total. The van der Waals surface area contributed by atoms with E-state index in [0.29, 0.717) is 10.7 Å². The zero-order valence-electron chi connectivity index (χ0n) is 10.5. The van der Waals surface area contributed by atoms with Gasteiger partial charge in [-0.25, -0.2) is 0 Å². The summed E-state index contributed by atoms with van der Waals surface area (Å²) in [6, 6.07) is 9.25. The zero-order valence-corrected chi connectivity index (χ0v) is 11.3. The van der Waals surface area contributed by atoms with Gasteiger partial charge in [-0.1, -0.05) is 23.7 Å². The number of benzene rings is 1. The van der Waals surface area contributed by atoms with Gasteiger partial charge < -0.3 is 5.73 Å². The molecule has 0 amide bonds. The van der Waals surface area contributed by atoms with Crippen molar-refractivity contribution >= 4 is 23.1 Å². The average Bonchev–Trinajstić information content (AvgIpc) is 2.76. The Kier molecular flexibility index (Phi) is 2.77. The molecule has 7 heteroatoms. The van der Waals surface area contributed by atoms with E-state index in [2.05, 4.69) is 15.3 Å². The SMILES string of the molecule is Cc1nn2c(N)c(C#N)nnc2c1-c1cccc(Cl)c1. The monoisotopic (exact) mass is 284 g/mol. The maximum Gasteiger partial charge on any atom is 0.205 e. The van der Waals surface area contributed by atoms with Crippen LogP contribution in [0.1, 0.15) is 11.4 Å². The van der Waals surface area contributed by atoms with Gasteiger partial charge in [0.05, 0.1) is 11.3 Å². The summed E-state index contributed by atoms with van der Waals surface area (Å²) in [5, 5.41) is 21.7. The predicted octanol–water partition coefficient (Wildman–Crippen LogP) is 2.21. The molecule has 0 aliphatic heterocycles. The Morgan fingerprint density at radius 1 is 1.35 bits per heavy atom. The van der Waals surface area contributed by atoms with Gasteiger partial charge in [0.25, 0.3) is 0 Å². The molecule has 0 fully saturated rings. The van der Waals surface area contributed by atoms with E-state index in [1.807, 2.05) is 31.2 Å². The van der Waals surface area contributed by atoms with Crippen molar-refractivity contribution in [2.45, 2.75) is 6.92 Å². The van der Waals surface area contributed by atoms with Gasteiger partial charge in [0.2, 0.25) is 5.69 Å². The highest BCUT2D eigenvalue weighted by Crippen LogP contribution is 2.29. The smallest absolute Gasteiger partial charge is 0.205 e. The fourth-order valence-electron chi connectivity index (χ4n) is 2.09. The first-order valence-corrected chi connectivity index (χ1v) is 6.17. The third-order valence-corrected chi connectivity index (χ3v) is 3.21. The molecule has 0 atom stereocenters. The minimum absolute atomic E-state index is 0.0534. The van der Waals surface area contributed by atoms with Crippen LogP contribution in [0.2, 0.25) is 5.02 Å². The number of nitrogens with zero attached hydrogens (tertiary/aromatic N) is 5. The molecule has 3 rings (SSSR count). The highest BCUT2D eigenvalue weighted by atomic mass is 35.5. The van der Waals surface area contributed by atoms with Gasteiger partial charge in [-0.2, -0.15) is 14.9 Å². The highest BCUT2D eigenvalue weighted by molar-refractivity contribution is 6.30. The Labute approximate surface area is 119 Å². The number of fused-ring (bicyclic) bond motifs is 1. The summed E-state index contributed by atoms with van der Waals surface area (Å²) >= 11 is 6.01. The maximum absolute atomic E-state index is 8.92. The second-order valence-corrected chi connectivity index (χ2v) is 4.69. The summed E-state index contributed by atoms with van der Waals surface area (Å²) in [5.74, 6) is 0.175. The lowest BCUT2D eigenvalue weighted by molar-refractivity contribution is 0.879. The fourth-order valence-corrected chi connectivity index (χ4v) is 2.28. The molecular weight excluding hydrogens is 276 g/mol. The first-order chi connectivity index (χ1) is 9.61. The first-order valence-electron chi connectivity index (χ1n) is 5.79. The number of aromatic nitrogens is 4. The second kappa shape index (κ2) is 4.47. The van der Waals surface area contributed by atoms with E-state index < -0.39 is 0 Å². The number of anilines is 1. The molecule has 0 bridgehead atoms. The molecule has 2 N–H and O–H groups in total. The van der Waals surface area contributed by atoms with Gasteiger partial charge in [-0.15, -0.1) is 10.2 Å². The molecule has 0 radical (unpaired) electrons. The third-order valence-electron chi connectivity index (χ3n) is 2.97. The van der Waals surface area contributed by atoms with Gasteiger partial charge in [0.15, 0.2) is 11.5 Å². The number of aryl methyl sites for hydroxylation is 1. The second-order valence-electron chi connectivity index (χ2n) is 4.25. The number of nitriles is 1. The summed E-state index contributed by atoms with van der Waals surface area (Å²) in [7, 11) is 0. The van der Waals surface area contributed by atoms with E-state index in [0.717, 1.165) is 16.8 Å². The van der Waals surface area contributed by atoms with Crippen LogP contribution in [0.5, 0.6) is 0 Å². The van der Waals surface area contributed by atoms with Gasteiger partial charge in [0.1, 0.15) is 6.07 Å².